The van der Waals surface area contributed by atoms with Crippen molar-refractivity contribution in [3.8, 4) is 0 Å². The molecule has 1 N–H and O–H groups in total. The van der Waals surface area contributed by atoms with Gasteiger partial charge in [-0.05, 0) is 34.7 Å². The molecule has 0 radical (unpaired) electrons. The van der Waals surface area contributed by atoms with E-state index in [-0.39, 0.29) is 12.2 Å². The number of H-pyrrole nitrogens is 1. The SMILES string of the molecule is O=c1[nH]c(C(F)(F)F)nc2c1CN(Cc1ccc(I)o1)CC2. The second kappa shape index (κ2) is 5.69. The second-order valence-corrected chi connectivity index (χ2v) is 6.07. The molecule has 0 saturated heterocycles. The maximum Gasteiger partial charge on any atom is 0.449 e. The van der Waals surface area contributed by atoms with Gasteiger partial charge in [-0.25, -0.2) is 4.98 Å². The number of nitrogens with one attached hydrogen (secondary N) is 1. The van der Waals surface area contributed by atoms with Crippen LogP contribution < -0.4 is 5.56 Å². The number of halogens is 4. The van der Waals surface area contributed by atoms with Crippen molar-refractivity contribution in [2.45, 2.75) is 25.7 Å². The molecule has 1 aliphatic heterocycles. The van der Waals surface area contributed by atoms with Crippen LogP contribution in [0, 0.1) is 3.77 Å². The lowest BCUT2D eigenvalue weighted by Crippen LogP contribution is -2.36. The van der Waals surface area contributed by atoms with Gasteiger partial charge in [0, 0.05) is 19.5 Å². The molecule has 0 aliphatic carbocycles. The summed E-state index contributed by atoms with van der Waals surface area (Å²) in [7, 11) is 0. The fraction of sp³-hybridized carbons (Fsp3) is 0.385. The molecule has 0 unspecified atom stereocenters. The first-order chi connectivity index (χ1) is 10.3. The monoisotopic (exact) mass is 425 g/mol. The van der Waals surface area contributed by atoms with Crippen LogP contribution in [0.5, 0.6) is 0 Å². The summed E-state index contributed by atoms with van der Waals surface area (Å²) in [5, 5.41) is 0. The van der Waals surface area contributed by atoms with Gasteiger partial charge in [-0.2, -0.15) is 13.2 Å². The third kappa shape index (κ3) is 3.19. The summed E-state index contributed by atoms with van der Waals surface area (Å²) < 4.78 is 44.2. The van der Waals surface area contributed by atoms with Crippen LogP contribution in [0.15, 0.2) is 21.3 Å². The van der Waals surface area contributed by atoms with Crippen LogP contribution in [0.3, 0.4) is 0 Å². The number of aromatic nitrogens is 2. The molecule has 5 nitrogen and oxygen atoms in total. The average molecular weight is 425 g/mol. The van der Waals surface area contributed by atoms with Crippen molar-refractivity contribution in [1.82, 2.24) is 14.9 Å². The number of hydrogen-bond donors (Lipinski definition) is 1. The van der Waals surface area contributed by atoms with E-state index in [4.69, 9.17) is 4.42 Å². The van der Waals surface area contributed by atoms with Crippen LogP contribution in [0.1, 0.15) is 22.8 Å². The Morgan fingerprint density at radius 3 is 2.82 bits per heavy atom. The first-order valence-corrected chi connectivity index (χ1v) is 7.56. The van der Waals surface area contributed by atoms with E-state index in [0.29, 0.717) is 25.1 Å². The van der Waals surface area contributed by atoms with Gasteiger partial charge >= 0.3 is 6.18 Å². The van der Waals surface area contributed by atoms with E-state index in [0.717, 1.165) is 9.53 Å². The Bertz CT molecular complexity index is 754. The topological polar surface area (TPSA) is 62.1 Å². The van der Waals surface area contributed by atoms with Gasteiger partial charge in [0.05, 0.1) is 17.8 Å². The summed E-state index contributed by atoms with van der Waals surface area (Å²) >= 11 is 2.05. The summed E-state index contributed by atoms with van der Waals surface area (Å²) in [5.41, 5.74) is -0.210. The van der Waals surface area contributed by atoms with Crippen molar-refractivity contribution in [3.63, 3.8) is 0 Å². The molecular formula is C13H11F3IN3O2. The van der Waals surface area contributed by atoms with Gasteiger partial charge in [0.25, 0.3) is 5.56 Å². The minimum absolute atomic E-state index is 0.223. The Balaban J connectivity index is 1.83. The number of fused-ring (bicyclic) bond motifs is 1. The normalized spacial score (nSPS) is 15.8. The molecule has 9 heteroatoms. The average Bonchev–Trinajstić information content (AvgIpc) is 2.83. The molecule has 0 spiro atoms. The van der Waals surface area contributed by atoms with Crippen LogP contribution in [0.4, 0.5) is 13.2 Å². The smallest absolute Gasteiger partial charge is 0.449 e. The Kier molecular flexibility index (Phi) is 4.02. The highest BCUT2D eigenvalue weighted by Gasteiger charge is 2.35. The van der Waals surface area contributed by atoms with Crippen molar-refractivity contribution in [3.05, 3.63) is 49.1 Å². The lowest BCUT2D eigenvalue weighted by molar-refractivity contribution is -0.145. The molecule has 118 valence electrons. The van der Waals surface area contributed by atoms with E-state index in [1.807, 2.05) is 22.0 Å². The van der Waals surface area contributed by atoms with Crippen LogP contribution >= 0.6 is 22.6 Å². The third-order valence-electron chi connectivity index (χ3n) is 3.42. The maximum absolute atomic E-state index is 12.6. The predicted octanol–water partition coefficient (Wildman–Crippen LogP) is 2.54. The van der Waals surface area contributed by atoms with E-state index in [1.165, 1.54) is 0 Å². The van der Waals surface area contributed by atoms with Gasteiger partial charge in [-0.3, -0.25) is 9.69 Å². The largest absolute Gasteiger partial charge is 0.454 e. The zero-order valence-electron chi connectivity index (χ0n) is 11.2. The van der Waals surface area contributed by atoms with E-state index in [9.17, 15) is 18.0 Å². The van der Waals surface area contributed by atoms with Crippen LogP contribution in [-0.2, 0) is 25.7 Å². The minimum Gasteiger partial charge on any atom is -0.454 e. The third-order valence-corrected chi connectivity index (χ3v) is 4.00. The number of alkyl halides is 3. The fourth-order valence-electron chi connectivity index (χ4n) is 2.41. The predicted molar refractivity (Wildman–Crippen MR) is 79.1 cm³/mol. The first-order valence-electron chi connectivity index (χ1n) is 6.49. The number of aromatic amines is 1. The molecule has 2 aromatic rings. The van der Waals surface area contributed by atoms with E-state index < -0.39 is 17.6 Å². The number of hydrogen-bond acceptors (Lipinski definition) is 4. The van der Waals surface area contributed by atoms with Gasteiger partial charge in [0.2, 0.25) is 5.82 Å². The van der Waals surface area contributed by atoms with E-state index in [1.54, 1.807) is 0 Å². The summed E-state index contributed by atoms with van der Waals surface area (Å²) in [6.07, 6.45) is -4.34. The van der Waals surface area contributed by atoms with Crippen LogP contribution in [0.25, 0.3) is 0 Å². The molecule has 1 aliphatic rings. The molecular weight excluding hydrogens is 414 g/mol. The second-order valence-electron chi connectivity index (χ2n) is 5.00. The van der Waals surface area contributed by atoms with E-state index >= 15 is 0 Å². The Labute approximate surface area is 136 Å². The minimum atomic E-state index is -4.64. The lowest BCUT2D eigenvalue weighted by atomic mass is 10.1. The van der Waals surface area contributed by atoms with Gasteiger partial charge in [0.1, 0.15) is 5.76 Å². The van der Waals surface area contributed by atoms with Gasteiger partial charge in [-0.1, -0.05) is 0 Å². The van der Waals surface area contributed by atoms with Crippen molar-refractivity contribution in [1.29, 1.82) is 0 Å². The molecule has 0 bridgehead atoms. The lowest BCUT2D eigenvalue weighted by Gasteiger charge is -2.26. The summed E-state index contributed by atoms with van der Waals surface area (Å²) in [6, 6.07) is 3.67. The summed E-state index contributed by atoms with van der Waals surface area (Å²) in [5.74, 6) is -0.477. The van der Waals surface area contributed by atoms with Crippen LogP contribution in [0.2, 0.25) is 0 Å². The quantitative estimate of drug-likeness (QED) is 0.752. The molecule has 2 aromatic heterocycles. The fourth-order valence-corrected chi connectivity index (χ4v) is 2.87. The summed E-state index contributed by atoms with van der Waals surface area (Å²) in [6.45, 7) is 1.29. The highest BCUT2D eigenvalue weighted by molar-refractivity contribution is 14.1. The number of nitrogens with zero attached hydrogens (tertiary/aromatic N) is 2. The van der Waals surface area contributed by atoms with Crippen molar-refractivity contribution in [2.24, 2.45) is 0 Å². The number of rotatable bonds is 2. The van der Waals surface area contributed by atoms with Crippen molar-refractivity contribution in [2.75, 3.05) is 6.54 Å². The molecule has 0 atom stereocenters. The molecule has 0 saturated carbocycles. The molecule has 0 amide bonds. The Hall–Kier alpha value is -1.36. The zero-order valence-corrected chi connectivity index (χ0v) is 13.4. The first kappa shape index (κ1) is 15.5. The Morgan fingerprint density at radius 1 is 1.41 bits per heavy atom. The summed E-state index contributed by atoms with van der Waals surface area (Å²) in [4.78, 5) is 19.2. The van der Waals surface area contributed by atoms with Gasteiger partial charge in [-0.15, -0.1) is 0 Å². The van der Waals surface area contributed by atoms with Crippen molar-refractivity contribution < 1.29 is 17.6 Å². The zero-order chi connectivity index (χ0) is 15.9. The number of furan rings is 1. The van der Waals surface area contributed by atoms with Gasteiger partial charge in [0.15, 0.2) is 3.77 Å². The molecule has 0 aromatic carbocycles. The molecule has 3 rings (SSSR count). The molecule has 22 heavy (non-hydrogen) atoms. The molecule has 0 fully saturated rings. The van der Waals surface area contributed by atoms with Crippen LogP contribution in [-0.4, -0.2) is 21.4 Å². The Morgan fingerprint density at radius 2 is 2.18 bits per heavy atom. The molecule has 3 heterocycles. The van der Waals surface area contributed by atoms with Gasteiger partial charge < -0.3 is 9.40 Å². The highest BCUT2D eigenvalue weighted by atomic mass is 127. The van der Waals surface area contributed by atoms with Crippen molar-refractivity contribution >= 4 is 22.6 Å². The maximum atomic E-state index is 12.6. The highest BCUT2D eigenvalue weighted by Crippen LogP contribution is 2.26. The standard InChI is InChI=1S/C13H11F3IN3O2/c14-13(15,16)12-18-9-3-4-20(6-8(9)11(21)19-12)5-7-1-2-10(17)22-7/h1-2H,3-6H2,(H,18,19,21). The van der Waals surface area contributed by atoms with E-state index in [2.05, 4.69) is 27.6 Å².